The van der Waals surface area contributed by atoms with Gasteiger partial charge in [0.2, 0.25) is 17.1 Å². The van der Waals surface area contributed by atoms with E-state index >= 15 is 0 Å². The number of nitrogens with two attached hydrogens (primary N) is 1. The van der Waals surface area contributed by atoms with Gasteiger partial charge in [-0.1, -0.05) is 0 Å². The standard InChI is InChI=1S/C11H10ClN5O2/c1-14-10-15-9(12)16-11(17-10)19-7-4-2-6(3-5-7)8(13)18/h2-5H,1H3,(H2,13,18)(H,14,15,16,17). The highest BCUT2D eigenvalue weighted by Crippen LogP contribution is 2.20. The van der Waals surface area contributed by atoms with Gasteiger partial charge in [0, 0.05) is 12.6 Å². The molecule has 0 aliphatic heterocycles. The van der Waals surface area contributed by atoms with Crippen LogP contribution in [-0.2, 0) is 0 Å². The molecule has 0 bridgehead atoms. The molecule has 2 rings (SSSR count). The summed E-state index contributed by atoms with van der Waals surface area (Å²) in [6.07, 6.45) is 0. The number of hydrogen-bond donors (Lipinski definition) is 2. The van der Waals surface area contributed by atoms with E-state index in [1.165, 1.54) is 0 Å². The number of carbonyl (C=O) groups excluding carboxylic acids is 1. The Labute approximate surface area is 113 Å². The molecule has 0 aliphatic rings. The van der Waals surface area contributed by atoms with E-state index in [0.717, 1.165) is 0 Å². The topological polar surface area (TPSA) is 103 Å². The summed E-state index contributed by atoms with van der Waals surface area (Å²) in [4.78, 5) is 22.5. The molecule has 2 aromatic rings. The Morgan fingerprint density at radius 2 is 1.95 bits per heavy atom. The van der Waals surface area contributed by atoms with Crippen molar-refractivity contribution in [1.82, 2.24) is 15.0 Å². The Hall–Kier alpha value is -2.41. The highest BCUT2D eigenvalue weighted by Gasteiger charge is 2.07. The quantitative estimate of drug-likeness (QED) is 0.878. The number of anilines is 1. The number of rotatable bonds is 4. The maximum absolute atomic E-state index is 10.9. The van der Waals surface area contributed by atoms with E-state index < -0.39 is 5.91 Å². The minimum atomic E-state index is -0.507. The number of halogens is 1. The predicted octanol–water partition coefficient (Wildman–Crippen LogP) is 1.46. The molecule has 3 N–H and O–H groups in total. The van der Waals surface area contributed by atoms with Crippen molar-refractivity contribution in [3.63, 3.8) is 0 Å². The van der Waals surface area contributed by atoms with Crippen LogP contribution in [0.5, 0.6) is 11.8 Å². The molecule has 1 aromatic carbocycles. The average Bonchev–Trinajstić information content (AvgIpc) is 2.38. The van der Waals surface area contributed by atoms with Gasteiger partial charge in [-0.3, -0.25) is 4.79 Å². The van der Waals surface area contributed by atoms with Crippen molar-refractivity contribution < 1.29 is 9.53 Å². The van der Waals surface area contributed by atoms with E-state index in [-0.39, 0.29) is 11.3 Å². The van der Waals surface area contributed by atoms with Gasteiger partial charge in [0.25, 0.3) is 0 Å². The minimum Gasteiger partial charge on any atom is -0.424 e. The fourth-order valence-electron chi connectivity index (χ4n) is 1.28. The molecule has 19 heavy (non-hydrogen) atoms. The number of ether oxygens (including phenoxy) is 1. The zero-order valence-corrected chi connectivity index (χ0v) is 10.7. The molecule has 98 valence electrons. The summed E-state index contributed by atoms with van der Waals surface area (Å²) in [6.45, 7) is 0. The van der Waals surface area contributed by atoms with Crippen LogP contribution in [0.25, 0.3) is 0 Å². The summed E-state index contributed by atoms with van der Waals surface area (Å²) in [5, 5.41) is 2.75. The van der Waals surface area contributed by atoms with Gasteiger partial charge < -0.3 is 15.8 Å². The number of carbonyl (C=O) groups is 1. The molecule has 0 fully saturated rings. The van der Waals surface area contributed by atoms with E-state index in [0.29, 0.717) is 17.3 Å². The van der Waals surface area contributed by atoms with E-state index in [2.05, 4.69) is 20.3 Å². The van der Waals surface area contributed by atoms with Gasteiger partial charge >= 0.3 is 6.01 Å². The molecular weight excluding hydrogens is 270 g/mol. The highest BCUT2D eigenvalue weighted by atomic mass is 35.5. The molecule has 8 heteroatoms. The lowest BCUT2D eigenvalue weighted by molar-refractivity contribution is 0.100. The van der Waals surface area contributed by atoms with Crippen molar-refractivity contribution in [2.45, 2.75) is 0 Å². The van der Waals surface area contributed by atoms with Crippen LogP contribution in [-0.4, -0.2) is 27.9 Å². The first kappa shape index (κ1) is 13.0. The lowest BCUT2D eigenvalue weighted by Gasteiger charge is -2.05. The Morgan fingerprint density at radius 1 is 1.26 bits per heavy atom. The fourth-order valence-corrected chi connectivity index (χ4v) is 1.43. The number of amides is 1. The molecule has 7 nitrogen and oxygen atoms in total. The zero-order valence-electron chi connectivity index (χ0n) is 9.92. The van der Waals surface area contributed by atoms with Crippen LogP contribution < -0.4 is 15.8 Å². The van der Waals surface area contributed by atoms with Crippen molar-refractivity contribution in [2.24, 2.45) is 5.73 Å². The number of hydrogen-bond acceptors (Lipinski definition) is 6. The molecule has 0 atom stereocenters. The normalized spacial score (nSPS) is 10.0. The van der Waals surface area contributed by atoms with Crippen LogP contribution in [0.1, 0.15) is 10.4 Å². The summed E-state index contributed by atoms with van der Waals surface area (Å²) in [7, 11) is 1.65. The maximum Gasteiger partial charge on any atom is 0.328 e. The molecule has 0 unspecified atom stereocenters. The fraction of sp³-hybridized carbons (Fsp3) is 0.0909. The number of aromatic nitrogens is 3. The minimum absolute atomic E-state index is 0.0168. The van der Waals surface area contributed by atoms with Crippen molar-refractivity contribution in [3.8, 4) is 11.8 Å². The summed E-state index contributed by atoms with van der Waals surface area (Å²) < 4.78 is 5.40. The lowest BCUT2D eigenvalue weighted by atomic mass is 10.2. The van der Waals surface area contributed by atoms with Gasteiger partial charge in [-0.25, -0.2) is 0 Å². The largest absolute Gasteiger partial charge is 0.424 e. The Balaban J connectivity index is 2.21. The van der Waals surface area contributed by atoms with Crippen molar-refractivity contribution >= 4 is 23.5 Å². The number of nitrogens with zero attached hydrogens (tertiary/aromatic N) is 3. The lowest BCUT2D eigenvalue weighted by Crippen LogP contribution is -2.10. The van der Waals surface area contributed by atoms with Gasteiger partial charge in [-0.05, 0) is 35.9 Å². The first-order valence-electron chi connectivity index (χ1n) is 5.25. The second-order valence-corrected chi connectivity index (χ2v) is 3.79. The molecule has 0 spiro atoms. The second-order valence-electron chi connectivity index (χ2n) is 3.45. The summed E-state index contributed by atoms with van der Waals surface area (Å²) >= 11 is 5.72. The van der Waals surface area contributed by atoms with Crippen LogP contribution >= 0.6 is 11.6 Å². The Bertz CT molecular complexity index is 603. The van der Waals surface area contributed by atoms with Gasteiger partial charge in [-0.2, -0.15) is 15.0 Å². The van der Waals surface area contributed by atoms with Crippen LogP contribution in [0, 0.1) is 0 Å². The second kappa shape index (κ2) is 5.49. The van der Waals surface area contributed by atoms with Crippen LogP contribution in [0.15, 0.2) is 24.3 Å². The van der Waals surface area contributed by atoms with Crippen molar-refractivity contribution in [3.05, 3.63) is 35.1 Å². The van der Waals surface area contributed by atoms with E-state index in [1.54, 1.807) is 31.3 Å². The molecule has 0 aliphatic carbocycles. The SMILES string of the molecule is CNc1nc(Cl)nc(Oc2ccc(C(N)=O)cc2)n1. The van der Waals surface area contributed by atoms with Gasteiger partial charge in [0.05, 0.1) is 0 Å². The molecule has 0 saturated carbocycles. The predicted molar refractivity (Wildman–Crippen MR) is 69.4 cm³/mol. The molecule has 1 amide bonds. The highest BCUT2D eigenvalue weighted by molar-refractivity contribution is 6.28. The molecular formula is C11H10ClN5O2. The molecule has 0 radical (unpaired) electrons. The third-order valence-corrected chi connectivity index (χ3v) is 2.33. The molecule has 0 saturated heterocycles. The van der Waals surface area contributed by atoms with Crippen molar-refractivity contribution in [1.29, 1.82) is 0 Å². The van der Waals surface area contributed by atoms with E-state index in [9.17, 15) is 4.79 Å². The summed E-state index contributed by atoms with van der Waals surface area (Å²) in [6, 6.07) is 6.29. The summed E-state index contributed by atoms with van der Waals surface area (Å²) in [5.41, 5.74) is 5.52. The first-order valence-corrected chi connectivity index (χ1v) is 5.63. The van der Waals surface area contributed by atoms with Gasteiger partial charge in [0.1, 0.15) is 5.75 Å². The van der Waals surface area contributed by atoms with Crippen molar-refractivity contribution in [2.75, 3.05) is 12.4 Å². The summed E-state index contributed by atoms with van der Waals surface area (Å²) in [5.74, 6) is 0.241. The van der Waals surface area contributed by atoms with Crippen LogP contribution in [0.2, 0.25) is 5.28 Å². The van der Waals surface area contributed by atoms with Gasteiger partial charge in [0.15, 0.2) is 0 Å². The van der Waals surface area contributed by atoms with Gasteiger partial charge in [-0.15, -0.1) is 0 Å². The van der Waals surface area contributed by atoms with E-state index in [4.69, 9.17) is 22.1 Å². The smallest absolute Gasteiger partial charge is 0.328 e. The average molecular weight is 280 g/mol. The first-order chi connectivity index (χ1) is 9.08. The molecule has 1 aromatic heterocycles. The monoisotopic (exact) mass is 279 g/mol. The third kappa shape index (κ3) is 3.29. The maximum atomic E-state index is 10.9. The number of benzene rings is 1. The van der Waals surface area contributed by atoms with Crippen LogP contribution in [0.3, 0.4) is 0 Å². The Kier molecular flexibility index (Phi) is 3.76. The zero-order chi connectivity index (χ0) is 13.8. The Morgan fingerprint density at radius 3 is 2.53 bits per heavy atom. The molecule has 1 heterocycles. The number of primary amides is 1. The number of nitrogens with one attached hydrogen (secondary N) is 1. The van der Waals surface area contributed by atoms with E-state index in [1.807, 2.05) is 0 Å². The van der Waals surface area contributed by atoms with Crippen LogP contribution in [0.4, 0.5) is 5.95 Å². The third-order valence-electron chi connectivity index (χ3n) is 2.16.